The molecule has 0 aliphatic heterocycles. The summed E-state index contributed by atoms with van der Waals surface area (Å²) in [5, 5.41) is 4.71. The third kappa shape index (κ3) is 12.3. The second-order valence-corrected chi connectivity index (χ2v) is 7.75. The van der Waals surface area contributed by atoms with Crippen molar-refractivity contribution in [3.05, 3.63) is 97.2 Å². The lowest BCUT2D eigenvalue weighted by Gasteiger charge is -2.11. The molecule has 9 nitrogen and oxygen atoms in total. The van der Waals surface area contributed by atoms with Gasteiger partial charge in [-0.2, -0.15) is 0 Å². The third-order valence-corrected chi connectivity index (χ3v) is 5.02. The molecular formula is C31H38FN5O4. The van der Waals surface area contributed by atoms with Gasteiger partial charge in [0.25, 0.3) is 0 Å². The Balaban J connectivity index is 0.000000459. The van der Waals surface area contributed by atoms with Crippen LogP contribution in [0.25, 0.3) is 10.9 Å². The van der Waals surface area contributed by atoms with E-state index in [4.69, 9.17) is 9.47 Å². The Labute approximate surface area is 241 Å². The van der Waals surface area contributed by atoms with Crippen molar-refractivity contribution in [2.24, 2.45) is 0 Å². The number of anilines is 1. The van der Waals surface area contributed by atoms with Gasteiger partial charge in [0, 0.05) is 62.8 Å². The van der Waals surface area contributed by atoms with Crippen molar-refractivity contribution in [3.8, 4) is 17.2 Å². The van der Waals surface area contributed by atoms with E-state index in [1.165, 1.54) is 30.1 Å². The van der Waals surface area contributed by atoms with Gasteiger partial charge in [-0.1, -0.05) is 26.0 Å². The molecule has 0 saturated heterocycles. The number of rotatable bonds is 6. The predicted molar refractivity (Wildman–Crippen MR) is 161 cm³/mol. The van der Waals surface area contributed by atoms with Crippen molar-refractivity contribution in [2.45, 2.75) is 27.7 Å². The predicted octanol–water partition coefficient (Wildman–Crippen LogP) is 6.40. The van der Waals surface area contributed by atoms with Gasteiger partial charge in [-0.25, -0.2) is 9.82 Å². The number of hydrogen-bond acceptors (Lipinski definition) is 7. The van der Waals surface area contributed by atoms with E-state index >= 15 is 0 Å². The quantitative estimate of drug-likeness (QED) is 0.207. The molecule has 0 fully saturated rings. The highest BCUT2D eigenvalue weighted by Crippen LogP contribution is 2.32. The first-order chi connectivity index (χ1) is 19.8. The molecule has 2 N–H and O–H groups in total. The topological polar surface area (TPSA) is 106 Å². The standard InChI is InChI=1S/C20H17FN2O3.C5H5N.C4H10N2O.C2H6/c1-3-4-20(24)23-13-5-8-19(16(21)11-13)26-18-9-10-22-17-12-14(25-2)6-7-15(17)18;1-2-4-6-5-3-1;1-4(7)6(3)5-2;1-2/h3-12H,1-2H3,(H,23,24);1-5H;5H,1-3H3;1-2H3/b4-3-;;;. The van der Waals surface area contributed by atoms with Crippen molar-refractivity contribution in [1.82, 2.24) is 20.4 Å². The maximum atomic E-state index is 14.4. The maximum Gasteiger partial charge on any atom is 0.248 e. The molecule has 218 valence electrons. The first-order valence-corrected chi connectivity index (χ1v) is 12.9. The van der Waals surface area contributed by atoms with Crippen LogP contribution >= 0.6 is 0 Å². The summed E-state index contributed by atoms with van der Waals surface area (Å²) in [5.41, 5.74) is 3.68. The van der Waals surface area contributed by atoms with Crippen LogP contribution in [0.2, 0.25) is 0 Å². The van der Waals surface area contributed by atoms with E-state index in [0.717, 1.165) is 5.39 Å². The zero-order chi connectivity index (χ0) is 30.6. The molecule has 0 aliphatic carbocycles. The summed E-state index contributed by atoms with van der Waals surface area (Å²) in [4.78, 5) is 29.8. The molecule has 0 aliphatic rings. The highest BCUT2D eigenvalue weighted by atomic mass is 19.1. The molecule has 2 heterocycles. The van der Waals surface area contributed by atoms with Crippen molar-refractivity contribution in [3.63, 3.8) is 0 Å². The van der Waals surface area contributed by atoms with Gasteiger partial charge < -0.3 is 14.8 Å². The van der Waals surface area contributed by atoms with Crippen molar-refractivity contribution < 1.29 is 23.5 Å². The average Bonchev–Trinajstić information content (AvgIpc) is 3.00. The lowest BCUT2D eigenvalue weighted by atomic mass is 10.2. The Morgan fingerprint density at radius 1 is 0.976 bits per heavy atom. The van der Waals surface area contributed by atoms with Crippen LogP contribution in [0.15, 0.2) is 91.4 Å². The Morgan fingerprint density at radius 2 is 1.68 bits per heavy atom. The van der Waals surface area contributed by atoms with Crippen LogP contribution in [0, 0.1) is 5.82 Å². The normalized spacial score (nSPS) is 9.66. The summed E-state index contributed by atoms with van der Waals surface area (Å²) in [6.07, 6.45) is 8.05. The van der Waals surface area contributed by atoms with Crippen molar-refractivity contribution in [1.29, 1.82) is 0 Å². The van der Waals surface area contributed by atoms with Gasteiger partial charge in [-0.15, -0.1) is 0 Å². The molecular weight excluding hydrogens is 525 g/mol. The SMILES string of the molecule is C/C=C\C(=O)Nc1ccc(Oc2ccnc3cc(OC)ccc23)c(F)c1.CC.CNN(C)C(C)=O.c1ccncc1. The Bertz CT molecular complexity index is 1360. The monoisotopic (exact) mass is 563 g/mol. The fraction of sp³-hybridized carbons (Fsp3) is 0.226. The van der Waals surface area contributed by atoms with Crippen LogP contribution in [-0.2, 0) is 9.59 Å². The molecule has 4 rings (SSSR count). The van der Waals surface area contributed by atoms with Gasteiger partial charge in [0.15, 0.2) is 11.6 Å². The van der Waals surface area contributed by atoms with Crippen LogP contribution in [0.1, 0.15) is 27.7 Å². The lowest BCUT2D eigenvalue weighted by molar-refractivity contribution is -0.129. The minimum atomic E-state index is -0.582. The number of hydrogen-bond donors (Lipinski definition) is 2. The van der Waals surface area contributed by atoms with Gasteiger partial charge in [-0.05, 0) is 55.5 Å². The van der Waals surface area contributed by atoms with Gasteiger partial charge in [0.1, 0.15) is 11.5 Å². The van der Waals surface area contributed by atoms with E-state index in [9.17, 15) is 14.0 Å². The van der Waals surface area contributed by atoms with E-state index in [-0.39, 0.29) is 17.6 Å². The molecule has 10 heteroatoms. The molecule has 0 atom stereocenters. The Hall–Kier alpha value is -4.83. The highest BCUT2D eigenvalue weighted by Gasteiger charge is 2.10. The van der Waals surface area contributed by atoms with Crippen LogP contribution < -0.4 is 20.2 Å². The number of allylic oxidation sites excluding steroid dienone is 1. The number of ether oxygens (including phenoxy) is 2. The number of aromatic nitrogens is 2. The molecule has 2 aromatic carbocycles. The number of methoxy groups -OCH3 is 1. The summed E-state index contributed by atoms with van der Waals surface area (Å²) < 4.78 is 25.3. The van der Waals surface area contributed by atoms with Crippen molar-refractivity contribution in [2.75, 3.05) is 26.5 Å². The number of pyridine rings is 2. The molecule has 0 saturated carbocycles. The molecule has 0 bridgehead atoms. The van der Waals surface area contributed by atoms with Crippen LogP contribution in [0.4, 0.5) is 10.1 Å². The second kappa shape index (κ2) is 19.3. The number of halogens is 1. The maximum absolute atomic E-state index is 14.4. The van der Waals surface area contributed by atoms with E-state index < -0.39 is 5.82 Å². The molecule has 0 unspecified atom stereocenters. The van der Waals surface area contributed by atoms with Gasteiger partial charge in [0.05, 0.1) is 12.6 Å². The van der Waals surface area contributed by atoms with E-state index in [1.54, 1.807) is 83.1 Å². The molecule has 41 heavy (non-hydrogen) atoms. The zero-order valence-corrected chi connectivity index (χ0v) is 24.5. The summed E-state index contributed by atoms with van der Waals surface area (Å²) in [6.45, 7) is 7.22. The van der Waals surface area contributed by atoms with E-state index in [0.29, 0.717) is 22.7 Å². The third-order valence-electron chi connectivity index (χ3n) is 5.02. The highest BCUT2D eigenvalue weighted by molar-refractivity contribution is 5.99. The fourth-order valence-electron chi connectivity index (χ4n) is 2.90. The fourth-order valence-corrected chi connectivity index (χ4v) is 2.90. The molecule has 4 aromatic rings. The molecule has 2 aromatic heterocycles. The number of fused-ring (bicyclic) bond motifs is 1. The molecule has 2 amide bonds. The first-order valence-electron chi connectivity index (χ1n) is 12.9. The molecule has 0 radical (unpaired) electrons. The number of hydrazine groups is 1. The second-order valence-electron chi connectivity index (χ2n) is 7.75. The van der Waals surface area contributed by atoms with Crippen LogP contribution in [0.3, 0.4) is 0 Å². The van der Waals surface area contributed by atoms with Gasteiger partial charge in [0.2, 0.25) is 11.8 Å². The van der Waals surface area contributed by atoms with Gasteiger partial charge in [-0.3, -0.25) is 24.6 Å². The minimum absolute atomic E-state index is 0.0162. The number of nitrogens with one attached hydrogen (secondary N) is 2. The van der Waals surface area contributed by atoms with E-state index in [1.807, 2.05) is 32.0 Å². The van der Waals surface area contributed by atoms with E-state index in [2.05, 4.69) is 20.7 Å². The Kier molecular flexibility index (Phi) is 16.1. The molecule has 0 spiro atoms. The smallest absolute Gasteiger partial charge is 0.248 e. The lowest BCUT2D eigenvalue weighted by Crippen LogP contribution is -2.34. The minimum Gasteiger partial charge on any atom is -0.497 e. The Morgan fingerprint density at radius 3 is 2.17 bits per heavy atom. The first kappa shape index (κ1) is 34.2. The summed E-state index contributed by atoms with van der Waals surface area (Å²) >= 11 is 0. The van der Waals surface area contributed by atoms with Crippen LogP contribution in [0.5, 0.6) is 17.2 Å². The van der Waals surface area contributed by atoms with Gasteiger partial charge >= 0.3 is 0 Å². The number of nitrogens with zero attached hydrogens (tertiary/aromatic N) is 3. The largest absolute Gasteiger partial charge is 0.497 e. The summed E-state index contributed by atoms with van der Waals surface area (Å²) in [7, 11) is 4.94. The van der Waals surface area contributed by atoms with Crippen LogP contribution in [-0.4, -0.2) is 48.0 Å². The number of amides is 2. The van der Waals surface area contributed by atoms with Crippen molar-refractivity contribution >= 4 is 28.4 Å². The number of benzene rings is 2. The average molecular weight is 564 g/mol. The summed E-state index contributed by atoms with van der Waals surface area (Å²) in [6, 6.07) is 17.0. The zero-order valence-electron chi connectivity index (χ0n) is 24.5. The summed E-state index contributed by atoms with van der Waals surface area (Å²) in [5.74, 6) is 0.313. The number of carbonyl (C=O) groups excluding carboxylic acids is 2. The number of carbonyl (C=O) groups is 2.